The first kappa shape index (κ1) is 21.6. The molecule has 6 aromatic carbocycles. The van der Waals surface area contributed by atoms with Crippen LogP contribution in [-0.4, -0.2) is 6.54 Å². The molecule has 0 aromatic heterocycles. The van der Waals surface area contributed by atoms with Gasteiger partial charge >= 0.3 is 0 Å². The number of hydrogen-bond acceptors (Lipinski definition) is 3. The van der Waals surface area contributed by atoms with Crippen LogP contribution in [0.1, 0.15) is 5.56 Å². The lowest BCUT2D eigenvalue weighted by molar-refractivity contribution is 1.17. The van der Waals surface area contributed by atoms with Gasteiger partial charge in [-0.15, -0.1) is 0 Å². The van der Waals surface area contributed by atoms with Crippen molar-refractivity contribution in [3.05, 3.63) is 127 Å². The molecule has 0 saturated carbocycles. The van der Waals surface area contributed by atoms with Gasteiger partial charge in [-0.05, 0) is 46.0 Å². The second-order valence-corrected chi connectivity index (χ2v) is 10.8. The first-order valence-electron chi connectivity index (χ1n) is 13.0. The quantitative estimate of drug-likeness (QED) is 0.252. The van der Waals surface area contributed by atoms with Gasteiger partial charge in [0.25, 0.3) is 0 Å². The molecule has 8 rings (SSSR count). The Kier molecular flexibility index (Phi) is 4.86. The van der Waals surface area contributed by atoms with Gasteiger partial charge in [-0.1, -0.05) is 115 Å². The van der Waals surface area contributed by atoms with Crippen molar-refractivity contribution in [2.45, 2.75) is 9.79 Å². The maximum Gasteiger partial charge on any atom is 0.0634 e. The lowest BCUT2D eigenvalue weighted by Crippen LogP contribution is -2.18. The lowest BCUT2D eigenvalue weighted by Gasteiger charge is -2.36. The number of nitrogens with zero attached hydrogens (tertiary/aromatic N) is 1. The van der Waals surface area contributed by atoms with E-state index in [9.17, 15) is 0 Å². The zero-order valence-corrected chi connectivity index (χ0v) is 21.5. The standard InChI is InChI=1S/C35H24N2S/c1-2-13-24-23(11-1)12-9-16-25(24)33-26-14-3-4-15-27(26)35(28-17-10-22-36-34(28)33)37-29-18-5-7-20-31(29)38-32-21-8-6-19-30(32)37/h1-21,36H,22H2. The van der Waals surface area contributed by atoms with Crippen LogP contribution in [0.4, 0.5) is 22.7 Å². The van der Waals surface area contributed by atoms with Gasteiger partial charge in [0.15, 0.2) is 0 Å². The SMILES string of the molecule is C1=Cc2c(c(-c3cccc4ccccc34)c3ccccc3c2N2c3ccccc3Sc3ccccc32)NC1. The van der Waals surface area contributed by atoms with E-state index in [-0.39, 0.29) is 0 Å². The van der Waals surface area contributed by atoms with Crippen molar-refractivity contribution in [2.24, 2.45) is 0 Å². The Bertz CT molecular complexity index is 1870. The molecule has 2 heterocycles. The molecule has 0 fully saturated rings. The van der Waals surface area contributed by atoms with Gasteiger partial charge in [0, 0.05) is 32.8 Å². The van der Waals surface area contributed by atoms with E-state index < -0.39 is 0 Å². The summed E-state index contributed by atoms with van der Waals surface area (Å²) >= 11 is 1.85. The van der Waals surface area contributed by atoms with Crippen LogP contribution in [0.15, 0.2) is 131 Å². The van der Waals surface area contributed by atoms with Gasteiger partial charge in [0.2, 0.25) is 0 Å². The monoisotopic (exact) mass is 504 g/mol. The number of hydrogen-bond donors (Lipinski definition) is 1. The van der Waals surface area contributed by atoms with Crippen molar-refractivity contribution >= 4 is 62.1 Å². The fraction of sp³-hybridized carbons (Fsp3) is 0.0286. The Morgan fingerprint density at radius 1 is 0.605 bits per heavy atom. The first-order valence-corrected chi connectivity index (χ1v) is 13.8. The highest BCUT2D eigenvalue weighted by Crippen LogP contribution is 2.56. The van der Waals surface area contributed by atoms with Crippen LogP contribution in [0.25, 0.3) is 38.7 Å². The normalized spacial score (nSPS) is 13.6. The van der Waals surface area contributed by atoms with Gasteiger partial charge in [0.1, 0.15) is 0 Å². The van der Waals surface area contributed by atoms with Crippen LogP contribution in [0.3, 0.4) is 0 Å². The number of benzene rings is 6. The molecule has 0 aliphatic carbocycles. The van der Waals surface area contributed by atoms with Crippen LogP contribution in [0, 0.1) is 0 Å². The van der Waals surface area contributed by atoms with E-state index in [0.29, 0.717) is 0 Å². The Balaban J connectivity index is 1.52. The van der Waals surface area contributed by atoms with Crippen molar-refractivity contribution in [3.63, 3.8) is 0 Å². The highest BCUT2D eigenvalue weighted by atomic mass is 32.2. The highest BCUT2D eigenvalue weighted by molar-refractivity contribution is 7.99. The molecule has 2 nitrogen and oxygen atoms in total. The predicted molar refractivity (Wildman–Crippen MR) is 163 cm³/mol. The molecule has 6 aromatic rings. The maximum absolute atomic E-state index is 3.80. The molecule has 1 N–H and O–H groups in total. The summed E-state index contributed by atoms with van der Waals surface area (Å²) in [6, 6.07) is 41.8. The average Bonchev–Trinajstić information content (AvgIpc) is 2.99. The number of rotatable bonds is 2. The number of nitrogens with one attached hydrogen (secondary N) is 1. The summed E-state index contributed by atoms with van der Waals surface area (Å²) < 4.78 is 0. The maximum atomic E-state index is 3.80. The predicted octanol–water partition coefficient (Wildman–Crippen LogP) is 10.0. The summed E-state index contributed by atoms with van der Waals surface area (Å²) in [4.78, 5) is 5.02. The molecule has 180 valence electrons. The van der Waals surface area contributed by atoms with Crippen LogP contribution in [0.2, 0.25) is 0 Å². The molecule has 0 saturated heterocycles. The molecule has 0 atom stereocenters. The highest BCUT2D eigenvalue weighted by Gasteiger charge is 2.30. The van der Waals surface area contributed by atoms with Gasteiger partial charge in [-0.25, -0.2) is 0 Å². The number of para-hydroxylation sites is 2. The summed E-state index contributed by atoms with van der Waals surface area (Å²) in [6.07, 6.45) is 4.55. The Hall–Kier alpha value is -4.47. The third kappa shape index (κ3) is 3.15. The molecule has 38 heavy (non-hydrogen) atoms. The van der Waals surface area contributed by atoms with E-state index in [4.69, 9.17) is 0 Å². The van der Waals surface area contributed by atoms with Gasteiger partial charge in [-0.2, -0.15) is 0 Å². The van der Waals surface area contributed by atoms with Crippen molar-refractivity contribution in [1.29, 1.82) is 0 Å². The molecule has 2 aliphatic rings. The van der Waals surface area contributed by atoms with Gasteiger partial charge in [-0.3, -0.25) is 0 Å². The van der Waals surface area contributed by atoms with E-state index in [1.165, 1.54) is 70.8 Å². The summed E-state index contributed by atoms with van der Waals surface area (Å²) in [5, 5.41) is 8.84. The molecule has 0 unspecified atom stereocenters. The second kappa shape index (κ2) is 8.54. The van der Waals surface area contributed by atoms with Crippen LogP contribution >= 0.6 is 11.8 Å². The topological polar surface area (TPSA) is 15.3 Å². The molecular weight excluding hydrogens is 480 g/mol. The largest absolute Gasteiger partial charge is 0.380 e. The molecule has 0 radical (unpaired) electrons. The average molecular weight is 505 g/mol. The van der Waals surface area contributed by atoms with E-state index in [0.717, 1.165) is 6.54 Å². The minimum atomic E-state index is 0.811. The summed E-state index contributed by atoms with van der Waals surface area (Å²) in [6.45, 7) is 0.811. The Morgan fingerprint density at radius 3 is 2.03 bits per heavy atom. The molecular formula is C35H24N2S. The smallest absolute Gasteiger partial charge is 0.0634 e. The lowest BCUT2D eigenvalue weighted by atomic mass is 9.87. The Morgan fingerprint density at radius 2 is 1.24 bits per heavy atom. The summed E-state index contributed by atoms with van der Waals surface area (Å²) in [5.41, 5.74) is 8.64. The van der Waals surface area contributed by atoms with Crippen molar-refractivity contribution < 1.29 is 0 Å². The molecule has 0 amide bonds. The molecule has 0 spiro atoms. The fourth-order valence-corrected chi connectivity index (χ4v) is 7.09. The summed E-state index contributed by atoms with van der Waals surface area (Å²) in [5.74, 6) is 0. The van der Waals surface area contributed by atoms with Crippen LogP contribution in [0.5, 0.6) is 0 Å². The van der Waals surface area contributed by atoms with Gasteiger partial charge < -0.3 is 10.2 Å². The molecule has 0 bridgehead atoms. The van der Waals surface area contributed by atoms with E-state index in [2.05, 4.69) is 138 Å². The van der Waals surface area contributed by atoms with E-state index >= 15 is 0 Å². The minimum Gasteiger partial charge on any atom is -0.380 e. The molecule has 3 heteroatoms. The fourth-order valence-electron chi connectivity index (χ4n) is 6.03. The number of fused-ring (bicyclic) bond motifs is 5. The second-order valence-electron chi connectivity index (χ2n) is 9.74. The van der Waals surface area contributed by atoms with Crippen molar-refractivity contribution in [1.82, 2.24) is 0 Å². The third-order valence-electron chi connectivity index (χ3n) is 7.62. The van der Waals surface area contributed by atoms with Crippen LogP contribution in [-0.2, 0) is 0 Å². The van der Waals surface area contributed by atoms with Crippen molar-refractivity contribution in [3.8, 4) is 11.1 Å². The van der Waals surface area contributed by atoms with E-state index in [1.807, 2.05) is 11.8 Å². The molecule has 2 aliphatic heterocycles. The van der Waals surface area contributed by atoms with E-state index in [1.54, 1.807) is 0 Å². The van der Waals surface area contributed by atoms with Crippen LogP contribution < -0.4 is 10.2 Å². The summed E-state index contributed by atoms with van der Waals surface area (Å²) in [7, 11) is 0. The first-order chi connectivity index (χ1) is 18.9. The third-order valence-corrected chi connectivity index (χ3v) is 8.75. The minimum absolute atomic E-state index is 0.811. The van der Waals surface area contributed by atoms with Gasteiger partial charge in [0.05, 0.1) is 22.7 Å². The zero-order chi connectivity index (χ0) is 25.1. The van der Waals surface area contributed by atoms with Crippen molar-refractivity contribution in [2.75, 3.05) is 16.8 Å². The zero-order valence-electron chi connectivity index (χ0n) is 20.7. The Labute approximate surface area is 226 Å². The number of anilines is 4.